The standard InChI is InChI=1S/C21H26N4O2S.HI/c1-2-22-21(23-13-14-28(27)19-11-7-4-8-12-19)24-17-15-20(26)25(16-17)18-9-5-3-6-10-18;/h3-12,17H,2,13-16H2,1H3,(H2,22,23,24);1H. The van der Waals surface area contributed by atoms with Gasteiger partial charge in [-0.2, -0.15) is 0 Å². The van der Waals surface area contributed by atoms with Gasteiger partial charge in [-0.15, -0.1) is 24.0 Å². The van der Waals surface area contributed by atoms with Gasteiger partial charge in [-0.05, 0) is 31.2 Å². The van der Waals surface area contributed by atoms with Crippen LogP contribution < -0.4 is 15.5 Å². The number of hydrogen-bond acceptors (Lipinski definition) is 3. The van der Waals surface area contributed by atoms with Gasteiger partial charge < -0.3 is 15.5 Å². The van der Waals surface area contributed by atoms with Crippen LogP contribution in [0.1, 0.15) is 13.3 Å². The number of rotatable bonds is 7. The molecule has 0 aliphatic carbocycles. The van der Waals surface area contributed by atoms with Crippen molar-refractivity contribution < 1.29 is 9.00 Å². The molecule has 29 heavy (non-hydrogen) atoms. The van der Waals surface area contributed by atoms with Crippen LogP contribution in [0, 0.1) is 0 Å². The topological polar surface area (TPSA) is 73.8 Å². The number of benzene rings is 2. The molecule has 2 atom stereocenters. The normalized spacial score (nSPS) is 17.6. The zero-order valence-electron chi connectivity index (χ0n) is 16.4. The average Bonchev–Trinajstić information content (AvgIpc) is 3.09. The summed E-state index contributed by atoms with van der Waals surface area (Å²) in [6.07, 6.45) is 0.426. The first kappa shape index (κ1) is 23.3. The third kappa shape index (κ3) is 6.81. The molecule has 0 aromatic heterocycles. The Labute approximate surface area is 191 Å². The maximum atomic E-state index is 12.4. The van der Waals surface area contributed by atoms with Crippen LogP contribution in [0.4, 0.5) is 5.69 Å². The number of guanidine groups is 1. The van der Waals surface area contributed by atoms with Gasteiger partial charge in [0.2, 0.25) is 5.91 Å². The molecule has 2 aromatic rings. The second kappa shape index (κ2) is 11.9. The van der Waals surface area contributed by atoms with E-state index >= 15 is 0 Å². The number of aliphatic imine (C=N–C) groups is 1. The minimum atomic E-state index is -1.07. The number of nitrogens with zero attached hydrogens (tertiary/aromatic N) is 2. The monoisotopic (exact) mass is 526 g/mol. The number of nitrogens with one attached hydrogen (secondary N) is 2. The average molecular weight is 526 g/mol. The van der Waals surface area contributed by atoms with Gasteiger partial charge in [0.1, 0.15) is 0 Å². The fraction of sp³-hybridized carbons (Fsp3) is 0.333. The van der Waals surface area contributed by atoms with Crippen LogP contribution in [0.3, 0.4) is 0 Å². The van der Waals surface area contributed by atoms with Crippen LogP contribution in [0.2, 0.25) is 0 Å². The number of hydrogen-bond donors (Lipinski definition) is 2. The van der Waals surface area contributed by atoms with Crippen molar-refractivity contribution in [1.29, 1.82) is 0 Å². The maximum Gasteiger partial charge on any atom is 0.229 e. The molecule has 156 valence electrons. The van der Waals surface area contributed by atoms with E-state index in [1.54, 1.807) is 4.90 Å². The summed E-state index contributed by atoms with van der Waals surface area (Å²) in [5.74, 6) is 1.21. The third-order valence-corrected chi connectivity index (χ3v) is 5.78. The molecule has 2 N–H and O–H groups in total. The van der Waals surface area contributed by atoms with E-state index < -0.39 is 10.8 Å². The Morgan fingerprint density at radius 1 is 1.14 bits per heavy atom. The van der Waals surface area contributed by atoms with Gasteiger partial charge in [-0.25, -0.2) is 0 Å². The molecule has 1 saturated heterocycles. The second-order valence-corrected chi connectivity index (χ2v) is 8.08. The summed E-state index contributed by atoms with van der Waals surface area (Å²) in [5.41, 5.74) is 0.914. The maximum absolute atomic E-state index is 12.4. The van der Waals surface area contributed by atoms with E-state index in [1.807, 2.05) is 67.6 Å². The number of carbonyl (C=O) groups is 1. The summed E-state index contributed by atoms with van der Waals surface area (Å²) in [7, 11) is -1.07. The number of carbonyl (C=O) groups excluding carboxylic acids is 1. The quantitative estimate of drug-likeness (QED) is 0.331. The molecule has 2 unspecified atom stereocenters. The minimum Gasteiger partial charge on any atom is -0.357 e. The van der Waals surface area contributed by atoms with Gasteiger partial charge in [0.15, 0.2) is 5.96 Å². The SMILES string of the molecule is CCNC(=NCCS(=O)c1ccccc1)NC1CC(=O)N(c2ccccc2)C1.I. The Morgan fingerprint density at radius 3 is 2.45 bits per heavy atom. The predicted octanol–water partition coefficient (Wildman–Crippen LogP) is 2.77. The van der Waals surface area contributed by atoms with Gasteiger partial charge in [0, 0.05) is 35.8 Å². The molecule has 1 aliphatic heterocycles. The number of amides is 1. The van der Waals surface area contributed by atoms with Crippen molar-refractivity contribution in [3.05, 3.63) is 60.7 Å². The lowest BCUT2D eigenvalue weighted by atomic mass is 10.2. The summed E-state index contributed by atoms with van der Waals surface area (Å²) in [5, 5.41) is 6.54. The fourth-order valence-electron chi connectivity index (χ4n) is 3.11. The summed E-state index contributed by atoms with van der Waals surface area (Å²) in [6, 6.07) is 19.1. The highest BCUT2D eigenvalue weighted by Gasteiger charge is 2.31. The summed E-state index contributed by atoms with van der Waals surface area (Å²) in [6.45, 7) is 3.76. The predicted molar refractivity (Wildman–Crippen MR) is 129 cm³/mol. The largest absolute Gasteiger partial charge is 0.357 e. The van der Waals surface area contributed by atoms with Gasteiger partial charge in [-0.1, -0.05) is 36.4 Å². The van der Waals surface area contributed by atoms with Crippen LogP contribution >= 0.6 is 24.0 Å². The van der Waals surface area contributed by atoms with Crippen LogP contribution in [0.25, 0.3) is 0 Å². The first-order valence-corrected chi connectivity index (χ1v) is 10.8. The summed E-state index contributed by atoms with van der Waals surface area (Å²) < 4.78 is 12.3. The minimum absolute atomic E-state index is 0. The molecule has 6 nitrogen and oxygen atoms in total. The Bertz CT molecular complexity index is 833. The molecular weight excluding hydrogens is 499 g/mol. The van der Waals surface area contributed by atoms with E-state index in [2.05, 4.69) is 15.6 Å². The zero-order chi connectivity index (χ0) is 19.8. The zero-order valence-corrected chi connectivity index (χ0v) is 19.6. The molecule has 0 spiro atoms. The summed E-state index contributed by atoms with van der Waals surface area (Å²) in [4.78, 5) is 19.5. The first-order valence-electron chi connectivity index (χ1n) is 9.51. The molecule has 1 amide bonds. The Balaban J connectivity index is 0.00000300. The second-order valence-electron chi connectivity index (χ2n) is 6.51. The number of anilines is 1. The highest BCUT2D eigenvalue weighted by atomic mass is 127. The lowest BCUT2D eigenvalue weighted by molar-refractivity contribution is -0.117. The van der Waals surface area contributed by atoms with Crippen LogP contribution in [-0.4, -0.2) is 47.5 Å². The van der Waals surface area contributed by atoms with Crippen LogP contribution in [0.15, 0.2) is 70.6 Å². The third-order valence-electron chi connectivity index (χ3n) is 4.43. The molecule has 3 rings (SSSR count). The van der Waals surface area contributed by atoms with E-state index in [-0.39, 0.29) is 35.9 Å². The summed E-state index contributed by atoms with van der Waals surface area (Å²) >= 11 is 0. The molecule has 1 fully saturated rings. The van der Waals surface area contributed by atoms with Crippen molar-refractivity contribution in [2.24, 2.45) is 4.99 Å². The number of halogens is 1. The van der Waals surface area contributed by atoms with E-state index in [0.717, 1.165) is 17.1 Å². The Kier molecular flexibility index (Phi) is 9.59. The van der Waals surface area contributed by atoms with Crippen molar-refractivity contribution in [2.75, 3.05) is 30.3 Å². The highest BCUT2D eigenvalue weighted by Crippen LogP contribution is 2.20. The molecule has 0 bridgehead atoms. The van der Waals surface area contributed by atoms with Gasteiger partial charge >= 0.3 is 0 Å². The van der Waals surface area contributed by atoms with Crippen molar-refractivity contribution in [1.82, 2.24) is 10.6 Å². The smallest absolute Gasteiger partial charge is 0.229 e. The van der Waals surface area contributed by atoms with Crippen LogP contribution in [0.5, 0.6) is 0 Å². The van der Waals surface area contributed by atoms with Crippen molar-refractivity contribution in [3.63, 3.8) is 0 Å². The van der Waals surface area contributed by atoms with Gasteiger partial charge in [-0.3, -0.25) is 14.0 Å². The van der Waals surface area contributed by atoms with Crippen molar-refractivity contribution in [3.8, 4) is 0 Å². The van der Waals surface area contributed by atoms with E-state index in [1.165, 1.54) is 0 Å². The molecule has 0 saturated carbocycles. The molecular formula is C21H27IN4O2S. The van der Waals surface area contributed by atoms with Gasteiger partial charge in [0.25, 0.3) is 0 Å². The van der Waals surface area contributed by atoms with Crippen LogP contribution in [-0.2, 0) is 15.6 Å². The highest BCUT2D eigenvalue weighted by molar-refractivity contribution is 14.0. The van der Waals surface area contributed by atoms with E-state index in [9.17, 15) is 9.00 Å². The fourth-order valence-corrected chi connectivity index (χ4v) is 4.06. The van der Waals surface area contributed by atoms with Crippen molar-refractivity contribution >= 4 is 52.3 Å². The Hall–Kier alpha value is -1.94. The molecule has 8 heteroatoms. The van der Waals surface area contributed by atoms with E-state index in [4.69, 9.17) is 0 Å². The lowest BCUT2D eigenvalue weighted by Gasteiger charge is -2.19. The van der Waals surface area contributed by atoms with Gasteiger partial charge in [0.05, 0.1) is 23.4 Å². The number of para-hydroxylation sites is 1. The molecule has 1 heterocycles. The van der Waals surface area contributed by atoms with Crippen molar-refractivity contribution in [2.45, 2.75) is 24.3 Å². The molecule has 0 radical (unpaired) electrons. The molecule has 2 aromatic carbocycles. The van der Waals surface area contributed by atoms with E-state index in [0.29, 0.717) is 31.2 Å². The lowest BCUT2D eigenvalue weighted by Crippen LogP contribution is -2.44. The molecule has 1 aliphatic rings. The Morgan fingerprint density at radius 2 is 1.79 bits per heavy atom. The first-order chi connectivity index (χ1) is 13.7.